The fraction of sp³-hybridized carbons (Fsp3) is 0.278. The SMILES string of the molecule is Cc1ccc2c(c1)CC1C(=S)NC(c3cccc(O)c3)NC1O2. The Hall–Kier alpha value is -2.11. The zero-order chi connectivity index (χ0) is 16.0. The van der Waals surface area contributed by atoms with E-state index in [-0.39, 0.29) is 24.1 Å². The van der Waals surface area contributed by atoms with E-state index in [1.54, 1.807) is 12.1 Å². The molecule has 118 valence electrons. The number of phenols is 1. The molecule has 2 aromatic carbocycles. The van der Waals surface area contributed by atoms with Crippen LogP contribution in [0, 0.1) is 12.8 Å². The summed E-state index contributed by atoms with van der Waals surface area (Å²) in [5.74, 6) is 1.28. The Labute approximate surface area is 140 Å². The molecule has 0 radical (unpaired) electrons. The smallest absolute Gasteiger partial charge is 0.161 e. The van der Waals surface area contributed by atoms with Crippen LogP contribution in [0.25, 0.3) is 0 Å². The van der Waals surface area contributed by atoms with E-state index in [1.807, 2.05) is 18.2 Å². The Kier molecular flexibility index (Phi) is 3.47. The molecule has 3 N–H and O–H groups in total. The maximum atomic E-state index is 9.68. The predicted octanol–water partition coefficient (Wildman–Crippen LogP) is 2.80. The van der Waals surface area contributed by atoms with E-state index in [9.17, 15) is 5.11 Å². The van der Waals surface area contributed by atoms with Crippen LogP contribution in [0.5, 0.6) is 11.5 Å². The van der Waals surface area contributed by atoms with Crippen molar-refractivity contribution >= 4 is 17.2 Å². The number of nitrogens with one attached hydrogen (secondary N) is 2. The second-order valence-electron chi connectivity index (χ2n) is 6.16. The number of ether oxygens (including phenoxy) is 1. The van der Waals surface area contributed by atoms with Gasteiger partial charge in [-0.15, -0.1) is 0 Å². The molecule has 2 aliphatic heterocycles. The molecule has 2 heterocycles. The molecular formula is C18H18N2O2S. The van der Waals surface area contributed by atoms with Crippen LogP contribution >= 0.6 is 12.2 Å². The minimum atomic E-state index is -0.164. The zero-order valence-electron chi connectivity index (χ0n) is 12.7. The molecule has 0 amide bonds. The van der Waals surface area contributed by atoms with E-state index in [2.05, 4.69) is 29.7 Å². The number of rotatable bonds is 1. The molecule has 0 saturated carbocycles. The monoisotopic (exact) mass is 326 g/mol. The normalized spacial score (nSPS) is 25.8. The van der Waals surface area contributed by atoms with Gasteiger partial charge in [0.15, 0.2) is 6.23 Å². The minimum Gasteiger partial charge on any atom is -0.508 e. The van der Waals surface area contributed by atoms with Crippen molar-refractivity contribution in [3.05, 3.63) is 59.2 Å². The van der Waals surface area contributed by atoms with Gasteiger partial charge >= 0.3 is 0 Å². The standard InChI is InChI=1S/C18H18N2O2S/c1-10-5-6-15-12(7-10)9-14-17(22-15)19-16(20-18(14)23)11-3-2-4-13(21)8-11/h2-8,14,16-17,19,21H,9H2,1H3,(H,20,23). The van der Waals surface area contributed by atoms with Crippen molar-refractivity contribution in [3.8, 4) is 11.5 Å². The molecule has 23 heavy (non-hydrogen) atoms. The lowest BCUT2D eigenvalue weighted by atomic mass is 9.91. The molecule has 5 heteroatoms. The van der Waals surface area contributed by atoms with Crippen molar-refractivity contribution in [1.29, 1.82) is 0 Å². The van der Waals surface area contributed by atoms with Crippen LogP contribution < -0.4 is 15.4 Å². The lowest BCUT2D eigenvalue weighted by Crippen LogP contribution is -2.60. The first kappa shape index (κ1) is 14.5. The number of hydrogen-bond acceptors (Lipinski definition) is 4. The Morgan fingerprint density at radius 2 is 2.09 bits per heavy atom. The number of phenolic OH excluding ortho intramolecular Hbond substituents is 1. The first-order chi connectivity index (χ1) is 11.1. The molecule has 4 rings (SSSR count). The van der Waals surface area contributed by atoms with E-state index < -0.39 is 0 Å². The van der Waals surface area contributed by atoms with Crippen molar-refractivity contribution in [3.63, 3.8) is 0 Å². The van der Waals surface area contributed by atoms with E-state index in [1.165, 1.54) is 11.1 Å². The van der Waals surface area contributed by atoms with Gasteiger partial charge in [-0.2, -0.15) is 0 Å². The minimum absolute atomic E-state index is 0.118. The van der Waals surface area contributed by atoms with Gasteiger partial charge < -0.3 is 15.2 Å². The van der Waals surface area contributed by atoms with E-state index in [0.29, 0.717) is 0 Å². The predicted molar refractivity (Wildman–Crippen MR) is 92.5 cm³/mol. The highest BCUT2D eigenvalue weighted by atomic mass is 32.1. The first-order valence-electron chi connectivity index (χ1n) is 7.72. The maximum Gasteiger partial charge on any atom is 0.161 e. The highest BCUT2D eigenvalue weighted by molar-refractivity contribution is 7.80. The van der Waals surface area contributed by atoms with Gasteiger partial charge in [0.05, 0.1) is 10.9 Å². The summed E-state index contributed by atoms with van der Waals surface area (Å²) in [5, 5.41) is 16.5. The average molecular weight is 326 g/mol. The molecule has 0 aromatic heterocycles. The van der Waals surface area contributed by atoms with Gasteiger partial charge in [-0.3, -0.25) is 5.32 Å². The molecular weight excluding hydrogens is 308 g/mol. The summed E-state index contributed by atoms with van der Waals surface area (Å²) in [5.41, 5.74) is 3.36. The second kappa shape index (κ2) is 5.51. The average Bonchev–Trinajstić information content (AvgIpc) is 2.53. The summed E-state index contributed by atoms with van der Waals surface area (Å²) in [4.78, 5) is 0.800. The maximum absolute atomic E-state index is 9.68. The number of fused-ring (bicyclic) bond motifs is 2. The van der Waals surface area contributed by atoms with Gasteiger partial charge in [0.1, 0.15) is 17.7 Å². The van der Waals surface area contributed by atoms with E-state index in [4.69, 9.17) is 17.0 Å². The Morgan fingerprint density at radius 3 is 2.91 bits per heavy atom. The largest absolute Gasteiger partial charge is 0.508 e. The summed E-state index contributed by atoms with van der Waals surface area (Å²) in [6, 6.07) is 13.4. The molecule has 3 unspecified atom stereocenters. The van der Waals surface area contributed by atoms with Crippen LogP contribution in [-0.4, -0.2) is 16.3 Å². The van der Waals surface area contributed by atoms with Gasteiger partial charge in [0.2, 0.25) is 0 Å². The molecule has 1 saturated heterocycles. The molecule has 0 aliphatic carbocycles. The summed E-state index contributed by atoms with van der Waals surface area (Å²) >= 11 is 5.58. The topological polar surface area (TPSA) is 53.5 Å². The third-order valence-electron chi connectivity index (χ3n) is 4.43. The van der Waals surface area contributed by atoms with Crippen LogP contribution in [0.15, 0.2) is 42.5 Å². The first-order valence-corrected chi connectivity index (χ1v) is 8.12. The van der Waals surface area contributed by atoms with Gasteiger partial charge in [-0.1, -0.05) is 42.0 Å². The van der Waals surface area contributed by atoms with Crippen LogP contribution in [0.3, 0.4) is 0 Å². The van der Waals surface area contributed by atoms with Crippen molar-refractivity contribution < 1.29 is 9.84 Å². The third-order valence-corrected chi connectivity index (χ3v) is 4.85. The number of aromatic hydroxyl groups is 1. The molecule has 0 spiro atoms. The lowest BCUT2D eigenvalue weighted by molar-refractivity contribution is 0.0805. The van der Waals surface area contributed by atoms with Crippen LogP contribution in [0.4, 0.5) is 0 Å². The van der Waals surface area contributed by atoms with E-state index in [0.717, 1.165) is 22.7 Å². The second-order valence-corrected chi connectivity index (χ2v) is 6.60. The summed E-state index contributed by atoms with van der Waals surface area (Å²) in [7, 11) is 0. The van der Waals surface area contributed by atoms with Gasteiger partial charge in [-0.25, -0.2) is 0 Å². The molecule has 2 aromatic rings. The summed E-state index contributed by atoms with van der Waals surface area (Å²) in [6.07, 6.45) is 0.543. The summed E-state index contributed by atoms with van der Waals surface area (Å²) < 4.78 is 6.14. The van der Waals surface area contributed by atoms with Crippen molar-refractivity contribution in [2.45, 2.75) is 25.7 Å². The third kappa shape index (κ3) is 2.66. The molecule has 3 atom stereocenters. The quantitative estimate of drug-likeness (QED) is 0.704. The van der Waals surface area contributed by atoms with Gasteiger partial charge in [0.25, 0.3) is 0 Å². The molecule has 0 bridgehead atoms. The van der Waals surface area contributed by atoms with Crippen molar-refractivity contribution in [2.24, 2.45) is 5.92 Å². The molecule has 1 fully saturated rings. The van der Waals surface area contributed by atoms with E-state index >= 15 is 0 Å². The molecule has 2 aliphatic rings. The highest BCUT2D eigenvalue weighted by Gasteiger charge is 2.39. The molecule has 4 nitrogen and oxygen atoms in total. The van der Waals surface area contributed by atoms with Crippen LogP contribution in [0.1, 0.15) is 22.9 Å². The van der Waals surface area contributed by atoms with Crippen LogP contribution in [0.2, 0.25) is 0 Å². The Bertz CT molecular complexity index is 777. The van der Waals surface area contributed by atoms with Crippen LogP contribution in [-0.2, 0) is 6.42 Å². The Balaban J connectivity index is 1.62. The van der Waals surface area contributed by atoms with Gasteiger partial charge in [-0.05, 0) is 42.7 Å². The number of aryl methyl sites for hydroxylation is 1. The fourth-order valence-electron chi connectivity index (χ4n) is 3.27. The number of thiocarbonyl (C=S) groups is 1. The highest BCUT2D eigenvalue weighted by Crippen LogP contribution is 2.34. The fourth-order valence-corrected chi connectivity index (χ4v) is 3.59. The number of benzene rings is 2. The lowest BCUT2D eigenvalue weighted by Gasteiger charge is -2.42. The Morgan fingerprint density at radius 1 is 1.22 bits per heavy atom. The summed E-state index contributed by atoms with van der Waals surface area (Å²) in [6.45, 7) is 2.08. The van der Waals surface area contributed by atoms with Crippen molar-refractivity contribution in [2.75, 3.05) is 0 Å². The number of hydrogen-bond donors (Lipinski definition) is 3. The zero-order valence-corrected chi connectivity index (χ0v) is 13.6. The van der Waals surface area contributed by atoms with Crippen molar-refractivity contribution in [1.82, 2.24) is 10.6 Å². The van der Waals surface area contributed by atoms with Gasteiger partial charge in [0, 0.05) is 0 Å².